The minimum atomic E-state index is 0.748. The first kappa shape index (κ1) is 21.8. The Hall–Kier alpha value is -2.90. The Labute approximate surface area is 178 Å². The second kappa shape index (κ2) is 13.3. The van der Waals surface area contributed by atoms with E-state index in [0.29, 0.717) is 0 Å². The van der Waals surface area contributed by atoms with Crippen LogP contribution in [-0.2, 0) is 13.1 Å². The maximum absolute atomic E-state index is 5.82. The largest absolute Gasteiger partial charge is 0.494 e. The van der Waals surface area contributed by atoms with Gasteiger partial charge in [0.1, 0.15) is 11.5 Å². The molecule has 0 aliphatic rings. The molecular weight excluding hydrogens is 380 g/mol. The summed E-state index contributed by atoms with van der Waals surface area (Å²) in [6.07, 6.45) is 16.3. The number of aryl methyl sites for hydroxylation is 2. The minimum absolute atomic E-state index is 0.748. The van der Waals surface area contributed by atoms with E-state index < -0.39 is 0 Å². The summed E-state index contributed by atoms with van der Waals surface area (Å²) in [4.78, 5) is 0. The van der Waals surface area contributed by atoms with Gasteiger partial charge in [0.05, 0.1) is 25.6 Å². The van der Waals surface area contributed by atoms with E-state index >= 15 is 0 Å². The lowest BCUT2D eigenvalue weighted by Crippen LogP contribution is -2.01. The predicted molar refractivity (Wildman–Crippen MR) is 114 cm³/mol. The molecule has 0 saturated heterocycles. The SMILES string of the molecule is c1cn(CCCCCCOc2ccc(OCCCCCCn3ccnn3)cc2)nn1. The molecule has 2 heterocycles. The highest BCUT2D eigenvalue weighted by molar-refractivity contribution is 5.31. The van der Waals surface area contributed by atoms with Crippen LogP contribution in [0.5, 0.6) is 11.5 Å². The Morgan fingerprint density at radius 2 is 1.00 bits per heavy atom. The van der Waals surface area contributed by atoms with Crippen LogP contribution in [0.25, 0.3) is 0 Å². The molecule has 3 rings (SSSR count). The van der Waals surface area contributed by atoms with Crippen LogP contribution >= 0.6 is 0 Å². The van der Waals surface area contributed by atoms with Crippen molar-refractivity contribution >= 4 is 0 Å². The van der Waals surface area contributed by atoms with Crippen molar-refractivity contribution in [3.05, 3.63) is 49.1 Å². The molecule has 0 saturated carbocycles. The number of benzene rings is 1. The van der Waals surface area contributed by atoms with Gasteiger partial charge in [0.25, 0.3) is 0 Å². The summed E-state index contributed by atoms with van der Waals surface area (Å²) in [7, 11) is 0. The van der Waals surface area contributed by atoms with Crippen molar-refractivity contribution in [2.75, 3.05) is 13.2 Å². The van der Waals surface area contributed by atoms with Crippen molar-refractivity contribution in [2.45, 2.75) is 64.5 Å². The van der Waals surface area contributed by atoms with Crippen molar-refractivity contribution < 1.29 is 9.47 Å². The molecule has 0 aliphatic carbocycles. The van der Waals surface area contributed by atoms with Crippen molar-refractivity contribution in [3.8, 4) is 11.5 Å². The smallest absolute Gasteiger partial charge is 0.119 e. The van der Waals surface area contributed by atoms with E-state index in [-0.39, 0.29) is 0 Å². The van der Waals surface area contributed by atoms with Gasteiger partial charge in [-0.3, -0.25) is 9.36 Å². The quantitative estimate of drug-likeness (QED) is 0.329. The maximum Gasteiger partial charge on any atom is 0.119 e. The van der Waals surface area contributed by atoms with Gasteiger partial charge in [-0.25, -0.2) is 0 Å². The second-order valence-electron chi connectivity index (χ2n) is 7.33. The molecule has 0 radical (unpaired) electrons. The molecule has 0 N–H and O–H groups in total. The van der Waals surface area contributed by atoms with Gasteiger partial charge in [-0.05, 0) is 62.8 Å². The number of hydrogen-bond acceptors (Lipinski definition) is 6. The van der Waals surface area contributed by atoms with E-state index in [9.17, 15) is 0 Å². The van der Waals surface area contributed by atoms with Crippen LogP contribution in [-0.4, -0.2) is 43.2 Å². The summed E-state index contributed by atoms with van der Waals surface area (Å²) in [5.74, 6) is 1.80. The average molecular weight is 413 g/mol. The topological polar surface area (TPSA) is 79.9 Å². The van der Waals surface area contributed by atoms with Crippen LogP contribution in [0.2, 0.25) is 0 Å². The first-order chi connectivity index (χ1) is 14.9. The van der Waals surface area contributed by atoms with E-state index in [2.05, 4.69) is 20.6 Å². The van der Waals surface area contributed by atoms with E-state index in [1.165, 1.54) is 12.8 Å². The van der Waals surface area contributed by atoms with E-state index in [1.54, 1.807) is 12.4 Å². The number of hydrogen-bond donors (Lipinski definition) is 0. The van der Waals surface area contributed by atoms with Gasteiger partial charge >= 0.3 is 0 Å². The van der Waals surface area contributed by atoms with Gasteiger partial charge in [0, 0.05) is 25.5 Å². The van der Waals surface area contributed by atoms with Crippen LogP contribution in [0.4, 0.5) is 0 Å². The van der Waals surface area contributed by atoms with Gasteiger partial charge in [-0.2, -0.15) is 0 Å². The number of nitrogens with zero attached hydrogens (tertiary/aromatic N) is 6. The molecular formula is C22H32N6O2. The van der Waals surface area contributed by atoms with Crippen LogP contribution in [0.1, 0.15) is 51.4 Å². The highest BCUT2D eigenvalue weighted by atomic mass is 16.5. The van der Waals surface area contributed by atoms with Crippen molar-refractivity contribution in [1.29, 1.82) is 0 Å². The Bertz CT molecular complexity index is 707. The molecule has 3 aromatic rings. The molecule has 0 unspecified atom stereocenters. The highest BCUT2D eigenvalue weighted by Gasteiger charge is 1.99. The predicted octanol–water partition coefficient (Wildman–Crippen LogP) is 4.15. The third kappa shape index (κ3) is 8.63. The monoisotopic (exact) mass is 412 g/mol. The molecule has 0 amide bonds. The summed E-state index contributed by atoms with van der Waals surface area (Å²) in [6, 6.07) is 7.94. The van der Waals surface area contributed by atoms with Crippen LogP contribution in [0, 0.1) is 0 Å². The summed E-state index contributed by atoms with van der Waals surface area (Å²) in [6.45, 7) is 3.37. The number of unbranched alkanes of at least 4 members (excludes halogenated alkanes) is 6. The molecule has 0 fully saturated rings. The van der Waals surface area contributed by atoms with Gasteiger partial charge in [0.15, 0.2) is 0 Å². The molecule has 0 aliphatic heterocycles. The minimum Gasteiger partial charge on any atom is -0.494 e. The van der Waals surface area contributed by atoms with Crippen molar-refractivity contribution in [3.63, 3.8) is 0 Å². The number of ether oxygens (including phenoxy) is 2. The first-order valence-corrected chi connectivity index (χ1v) is 10.9. The lowest BCUT2D eigenvalue weighted by molar-refractivity contribution is 0.295. The van der Waals surface area contributed by atoms with Crippen LogP contribution < -0.4 is 9.47 Å². The zero-order valence-corrected chi connectivity index (χ0v) is 17.6. The van der Waals surface area contributed by atoms with Crippen molar-refractivity contribution in [2.24, 2.45) is 0 Å². The number of aromatic nitrogens is 6. The van der Waals surface area contributed by atoms with Crippen LogP contribution in [0.15, 0.2) is 49.1 Å². The summed E-state index contributed by atoms with van der Waals surface area (Å²) in [5.41, 5.74) is 0. The third-order valence-electron chi connectivity index (χ3n) is 4.87. The Kier molecular flexibility index (Phi) is 9.70. The van der Waals surface area contributed by atoms with Gasteiger partial charge in [-0.1, -0.05) is 23.3 Å². The fourth-order valence-corrected chi connectivity index (χ4v) is 3.17. The third-order valence-corrected chi connectivity index (χ3v) is 4.87. The van der Waals surface area contributed by atoms with E-state index in [0.717, 1.165) is 76.3 Å². The highest BCUT2D eigenvalue weighted by Crippen LogP contribution is 2.18. The Balaban J connectivity index is 1.15. The van der Waals surface area contributed by atoms with Gasteiger partial charge in [-0.15, -0.1) is 10.2 Å². The van der Waals surface area contributed by atoms with Crippen molar-refractivity contribution in [1.82, 2.24) is 30.0 Å². The first-order valence-electron chi connectivity index (χ1n) is 10.9. The Morgan fingerprint density at radius 1 is 0.567 bits per heavy atom. The maximum atomic E-state index is 5.82. The number of rotatable bonds is 16. The van der Waals surface area contributed by atoms with Gasteiger partial charge < -0.3 is 9.47 Å². The molecule has 1 aromatic carbocycles. The molecule has 0 spiro atoms. The van der Waals surface area contributed by atoms with E-state index in [4.69, 9.17) is 9.47 Å². The molecule has 162 valence electrons. The van der Waals surface area contributed by atoms with Crippen LogP contribution in [0.3, 0.4) is 0 Å². The average Bonchev–Trinajstić information content (AvgIpc) is 3.48. The normalized spacial score (nSPS) is 10.9. The molecule has 8 heteroatoms. The summed E-state index contributed by atoms with van der Waals surface area (Å²) >= 11 is 0. The second-order valence-corrected chi connectivity index (χ2v) is 7.33. The molecule has 0 bridgehead atoms. The molecule has 2 aromatic heterocycles. The lowest BCUT2D eigenvalue weighted by Gasteiger charge is -2.09. The lowest BCUT2D eigenvalue weighted by atomic mass is 10.2. The fourth-order valence-electron chi connectivity index (χ4n) is 3.17. The standard InChI is InChI=1S/C22H32N6O2/c1(5-15-27-17-13-23-25-27)3-7-19-29-21-9-11-22(12-10-21)30-20-8-4-2-6-16-28-18-14-24-26-28/h9-14,17-18H,1-8,15-16,19-20H2. The Morgan fingerprint density at radius 3 is 1.40 bits per heavy atom. The molecule has 30 heavy (non-hydrogen) atoms. The molecule has 8 nitrogen and oxygen atoms in total. The zero-order valence-electron chi connectivity index (χ0n) is 17.6. The summed E-state index contributed by atoms with van der Waals surface area (Å²) in [5, 5.41) is 15.6. The molecule has 0 atom stereocenters. The van der Waals surface area contributed by atoms with Gasteiger partial charge in [0.2, 0.25) is 0 Å². The summed E-state index contributed by atoms with van der Waals surface area (Å²) < 4.78 is 15.4. The fraction of sp³-hybridized carbons (Fsp3) is 0.545. The zero-order chi connectivity index (χ0) is 20.7. The van der Waals surface area contributed by atoms with E-state index in [1.807, 2.05) is 46.0 Å².